The van der Waals surface area contributed by atoms with E-state index in [0.717, 1.165) is 19.7 Å². The van der Waals surface area contributed by atoms with Gasteiger partial charge in [-0.3, -0.25) is 0 Å². The lowest BCUT2D eigenvalue weighted by Crippen LogP contribution is -1.94. The highest BCUT2D eigenvalue weighted by Gasteiger charge is 2.28. The van der Waals surface area contributed by atoms with Gasteiger partial charge in [0.15, 0.2) is 0 Å². The largest absolute Gasteiger partial charge is 0.452 e. The zero-order valence-corrected chi connectivity index (χ0v) is 7.53. The third-order valence-electron chi connectivity index (χ3n) is 0.224. The fourth-order valence-electron chi connectivity index (χ4n) is 0.0802. The highest BCUT2D eigenvalue weighted by Crippen LogP contribution is 2.49. The third-order valence-corrected chi connectivity index (χ3v) is 5.86. The van der Waals surface area contributed by atoms with Crippen LogP contribution in [-0.2, 0) is 0 Å². The summed E-state index contributed by atoms with van der Waals surface area (Å²) in [6, 6.07) is 0. The summed E-state index contributed by atoms with van der Waals surface area (Å²) in [6.07, 6.45) is 1.73. The smallest absolute Gasteiger partial charge is 0.160 e. The minimum atomic E-state index is -4.10. The van der Waals surface area contributed by atoms with Crippen molar-refractivity contribution >= 4 is 41.2 Å². The van der Waals surface area contributed by atoms with Crippen molar-refractivity contribution in [3.05, 3.63) is 0 Å². The van der Waals surface area contributed by atoms with Crippen molar-refractivity contribution < 1.29 is 13.2 Å². The van der Waals surface area contributed by atoms with Gasteiger partial charge in [-0.2, -0.15) is 13.2 Å². The van der Waals surface area contributed by atoms with Crippen LogP contribution in [-0.4, -0.2) is 11.8 Å². The van der Waals surface area contributed by atoms with E-state index in [2.05, 4.69) is 0 Å². The number of alkyl halides is 3. The van der Waals surface area contributed by atoms with Crippen molar-refractivity contribution in [3.63, 3.8) is 0 Å². The number of hydrogen-bond acceptors (Lipinski definition) is 4. The van der Waals surface area contributed by atoms with Gasteiger partial charge in [0.2, 0.25) is 0 Å². The second-order valence-corrected chi connectivity index (χ2v) is 6.83. The van der Waals surface area contributed by atoms with E-state index in [1.54, 1.807) is 6.26 Å². The molecule has 0 saturated carbocycles. The van der Waals surface area contributed by atoms with Crippen molar-refractivity contribution in [2.24, 2.45) is 0 Å². The van der Waals surface area contributed by atoms with Crippen LogP contribution < -0.4 is 0 Å². The molecule has 56 valence electrons. The van der Waals surface area contributed by atoms with Gasteiger partial charge in [0, 0.05) is 10.8 Å². The summed E-state index contributed by atoms with van der Waals surface area (Å²) >= 11 is 0. The molecule has 0 N–H and O–H groups in total. The zero-order valence-electron chi connectivity index (χ0n) is 4.27. The van der Waals surface area contributed by atoms with Crippen LogP contribution in [0, 0.1) is 0 Å². The molecule has 0 fully saturated rings. The Morgan fingerprint density at radius 2 is 1.67 bits per heavy atom. The van der Waals surface area contributed by atoms with E-state index in [9.17, 15) is 13.2 Å². The van der Waals surface area contributed by atoms with Gasteiger partial charge in [-0.25, -0.2) is 0 Å². The molecule has 0 amide bonds. The molecule has 0 aromatic heterocycles. The molecular formula is C2H3F3S4. The Labute approximate surface area is 66.3 Å². The SMILES string of the molecule is CSSSSC(F)(F)F. The highest BCUT2D eigenvalue weighted by atomic mass is 33.7. The van der Waals surface area contributed by atoms with Gasteiger partial charge in [0.25, 0.3) is 0 Å². The summed E-state index contributed by atoms with van der Waals surface area (Å²) in [5.74, 6) is 0. The van der Waals surface area contributed by atoms with Crippen LogP contribution in [0.25, 0.3) is 0 Å². The van der Waals surface area contributed by atoms with E-state index >= 15 is 0 Å². The molecule has 0 spiro atoms. The number of hydrogen-bond donors (Lipinski definition) is 0. The van der Waals surface area contributed by atoms with E-state index in [1.807, 2.05) is 0 Å². The second-order valence-electron chi connectivity index (χ2n) is 0.832. The number of halogens is 3. The van der Waals surface area contributed by atoms with Gasteiger partial charge in [-0.15, -0.1) is 0 Å². The molecule has 0 bridgehead atoms. The van der Waals surface area contributed by atoms with E-state index in [4.69, 9.17) is 0 Å². The van der Waals surface area contributed by atoms with Gasteiger partial charge in [-0.1, -0.05) is 10.8 Å². The predicted octanol–water partition coefficient (Wildman–Crippen LogP) is 3.81. The Morgan fingerprint density at radius 1 is 1.11 bits per heavy atom. The van der Waals surface area contributed by atoms with Crippen molar-refractivity contribution in [3.8, 4) is 0 Å². The topological polar surface area (TPSA) is 0 Å². The summed E-state index contributed by atoms with van der Waals surface area (Å²) in [4.78, 5) is 0. The van der Waals surface area contributed by atoms with Gasteiger partial charge in [0.1, 0.15) is 0 Å². The van der Waals surface area contributed by atoms with Crippen LogP contribution in [0.5, 0.6) is 0 Å². The Bertz CT molecular complexity index is 70.7. The number of rotatable bonds is 3. The molecule has 0 radical (unpaired) electrons. The standard InChI is InChI=1S/C2H3F3S4/c1-6-8-9-7-2(3,4)5/h1H3. The summed E-state index contributed by atoms with van der Waals surface area (Å²) < 4.78 is 33.9. The van der Waals surface area contributed by atoms with Crippen molar-refractivity contribution in [1.82, 2.24) is 0 Å². The molecule has 0 aromatic rings. The van der Waals surface area contributed by atoms with Gasteiger partial charge >= 0.3 is 5.51 Å². The average molecular weight is 212 g/mol. The fraction of sp³-hybridized carbons (Fsp3) is 1.00. The lowest BCUT2D eigenvalue weighted by atomic mass is 11.6. The molecular weight excluding hydrogens is 209 g/mol. The van der Waals surface area contributed by atoms with Crippen LogP contribution in [0.1, 0.15) is 0 Å². The van der Waals surface area contributed by atoms with Gasteiger partial charge in [-0.05, 0) is 25.9 Å². The molecule has 0 aliphatic heterocycles. The van der Waals surface area contributed by atoms with Crippen molar-refractivity contribution in [2.75, 3.05) is 6.26 Å². The quantitative estimate of drug-likeness (QED) is 0.515. The maximum absolute atomic E-state index is 11.3. The first-order valence-corrected chi connectivity index (χ1v) is 6.90. The van der Waals surface area contributed by atoms with Crippen LogP contribution in [0.4, 0.5) is 13.2 Å². The zero-order chi connectivity index (χ0) is 7.33. The molecule has 0 aliphatic rings. The highest BCUT2D eigenvalue weighted by molar-refractivity contribution is 9.26. The monoisotopic (exact) mass is 212 g/mol. The lowest BCUT2D eigenvalue weighted by Gasteiger charge is -2.00. The minimum absolute atomic E-state index is 0.0831. The Hall–Kier alpha value is 1.19. The first-order chi connectivity index (χ1) is 4.06. The molecule has 0 nitrogen and oxygen atoms in total. The normalized spacial score (nSPS) is 12.0. The summed E-state index contributed by atoms with van der Waals surface area (Å²) in [5, 5.41) is 0. The summed E-state index contributed by atoms with van der Waals surface area (Å²) in [6.45, 7) is 0. The minimum Gasteiger partial charge on any atom is -0.160 e. The molecule has 0 rings (SSSR count). The predicted molar refractivity (Wildman–Crippen MR) is 42.3 cm³/mol. The molecule has 0 saturated heterocycles. The maximum Gasteiger partial charge on any atom is 0.452 e. The summed E-state index contributed by atoms with van der Waals surface area (Å²) in [5.41, 5.74) is -4.10. The van der Waals surface area contributed by atoms with Crippen LogP contribution in [0.3, 0.4) is 0 Å². The molecule has 0 unspecified atom stereocenters. The van der Waals surface area contributed by atoms with Crippen molar-refractivity contribution in [1.29, 1.82) is 0 Å². The molecule has 9 heavy (non-hydrogen) atoms. The maximum atomic E-state index is 11.3. The van der Waals surface area contributed by atoms with Crippen LogP contribution in [0.15, 0.2) is 0 Å². The molecule has 7 heteroatoms. The Morgan fingerprint density at radius 3 is 2.00 bits per heavy atom. The van der Waals surface area contributed by atoms with Crippen LogP contribution >= 0.6 is 41.2 Å². The van der Waals surface area contributed by atoms with Crippen molar-refractivity contribution in [2.45, 2.75) is 5.51 Å². The first kappa shape index (κ1) is 10.2. The lowest BCUT2D eigenvalue weighted by molar-refractivity contribution is -0.0310. The molecule has 0 aromatic carbocycles. The second kappa shape index (κ2) is 4.92. The first-order valence-electron chi connectivity index (χ1n) is 1.68. The Kier molecular flexibility index (Phi) is 5.57. The summed E-state index contributed by atoms with van der Waals surface area (Å²) in [7, 11) is 3.06. The fourth-order valence-corrected chi connectivity index (χ4v) is 4.42. The van der Waals surface area contributed by atoms with E-state index < -0.39 is 5.51 Å². The molecule has 0 aliphatic carbocycles. The van der Waals surface area contributed by atoms with E-state index in [0.29, 0.717) is 0 Å². The average Bonchev–Trinajstić information content (AvgIpc) is 1.63. The third kappa shape index (κ3) is 9.19. The van der Waals surface area contributed by atoms with E-state index in [1.165, 1.54) is 10.8 Å². The molecule has 0 heterocycles. The Balaban J connectivity index is 3.07. The molecule has 0 atom stereocenters. The van der Waals surface area contributed by atoms with Crippen LogP contribution in [0.2, 0.25) is 0 Å². The van der Waals surface area contributed by atoms with Gasteiger partial charge in [0.05, 0.1) is 0 Å². The van der Waals surface area contributed by atoms with Gasteiger partial charge < -0.3 is 0 Å². The van der Waals surface area contributed by atoms with E-state index in [-0.39, 0.29) is 10.8 Å².